The van der Waals surface area contributed by atoms with E-state index in [2.05, 4.69) is 4.98 Å². The van der Waals surface area contributed by atoms with Crippen molar-refractivity contribution in [2.45, 2.75) is 25.5 Å². The molecule has 1 fully saturated rings. The number of aromatic nitrogens is 1. The summed E-state index contributed by atoms with van der Waals surface area (Å²) < 4.78 is 32.4. The third-order valence-corrected chi connectivity index (χ3v) is 3.80. The van der Waals surface area contributed by atoms with Crippen LogP contribution in [0.1, 0.15) is 34.3 Å². The standard InChI is InChI=1S/C15H14F2N2O3/c1-8-14(18-7-22-8)15(21)19-6-10(20)5-13(19)11-4-9(16)2-3-12(11)17/h2-4,7,10,13,20H,5-6H2,1H3. The van der Waals surface area contributed by atoms with Crippen molar-refractivity contribution in [1.29, 1.82) is 0 Å². The molecule has 7 heteroatoms. The molecular weight excluding hydrogens is 294 g/mol. The molecule has 1 aromatic carbocycles. The Bertz CT molecular complexity index is 717. The molecule has 22 heavy (non-hydrogen) atoms. The number of benzene rings is 1. The van der Waals surface area contributed by atoms with Crippen molar-refractivity contribution in [2.24, 2.45) is 0 Å². The highest BCUT2D eigenvalue weighted by Gasteiger charge is 2.38. The Labute approximate surface area is 125 Å². The Hall–Kier alpha value is -2.28. The van der Waals surface area contributed by atoms with Crippen molar-refractivity contribution in [3.8, 4) is 0 Å². The monoisotopic (exact) mass is 308 g/mol. The predicted octanol–water partition coefficient (Wildman–Crippen LogP) is 2.21. The smallest absolute Gasteiger partial charge is 0.276 e. The molecule has 0 radical (unpaired) electrons. The molecule has 2 heterocycles. The second-order valence-corrected chi connectivity index (χ2v) is 5.29. The maximum Gasteiger partial charge on any atom is 0.276 e. The normalized spacial score (nSPS) is 21.4. The van der Waals surface area contributed by atoms with Crippen molar-refractivity contribution < 1.29 is 23.1 Å². The summed E-state index contributed by atoms with van der Waals surface area (Å²) in [5.74, 6) is -1.35. The quantitative estimate of drug-likeness (QED) is 0.923. The lowest BCUT2D eigenvalue weighted by Crippen LogP contribution is -2.32. The highest BCUT2D eigenvalue weighted by molar-refractivity contribution is 5.93. The molecule has 0 bridgehead atoms. The summed E-state index contributed by atoms with van der Waals surface area (Å²) in [6.45, 7) is 1.62. The van der Waals surface area contributed by atoms with Crippen molar-refractivity contribution >= 4 is 5.91 Å². The number of amides is 1. The van der Waals surface area contributed by atoms with E-state index in [9.17, 15) is 18.7 Å². The number of aliphatic hydroxyl groups excluding tert-OH is 1. The fourth-order valence-corrected chi connectivity index (χ4v) is 2.75. The number of aryl methyl sites for hydroxylation is 1. The van der Waals surface area contributed by atoms with E-state index >= 15 is 0 Å². The maximum atomic E-state index is 14.0. The number of hydrogen-bond acceptors (Lipinski definition) is 4. The van der Waals surface area contributed by atoms with Crippen LogP contribution in [0.15, 0.2) is 29.0 Å². The van der Waals surface area contributed by atoms with E-state index in [0.29, 0.717) is 5.76 Å². The zero-order chi connectivity index (χ0) is 15.9. The van der Waals surface area contributed by atoms with Gasteiger partial charge < -0.3 is 14.4 Å². The zero-order valence-electron chi connectivity index (χ0n) is 11.8. The molecule has 5 nitrogen and oxygen atoms in total. The lowest BCUT2D eigenvalue weighted by atomic mass is 10.0. The highest BCUT2D eigenvalue weighted by Crippen LogP contribution is 2.35. The number of hydrogen-bond donors (Lipinski definition) is 1. The topological polar surface area (TPSA) is 66.6 Å². The van der Waals surface area contributed by atoms with Crippen molar-refractivity contribution in [1.82, 2.24) is 9.88 Å². The number of likely N-dealkylation sites (tertiary alicyclic amines) is 1. The molecule has 1 saturated heterocycles. The molecule has 3 rings (SSSR count). The van der Waals surface area contributed by atoms with E-state index in [-0.39, 0.29) is 24.2 Å². The van der Waals surface area contributed by atoms with Gasteiger partial charge in [0.25, 0.3) is 5.91 Å². The Balaban J connectivity index is 1.98. The number of halogens is 2. The van der Waals surface area contributed by atoms with Crippen molar-refractivity contribution in [3.63, 3.8) is 0 Å². The van der Waals surface area contributed by atoms with Crippen LogP contribution in [-0.2, 0) is 0 Å². The molecule has 1 amide bonds. The van der Waals surface area contributed by atoms with Gasteiger partial charge in [0.1, 0.15) is 17.4 Å². The highest BCUT2D eigenvalue weighted by atomic mass is 19.1. The minimum Gasteiger partial charge on any atom is -0.448 e. The van der Waals surface area contributed by atoms with Crippen LogP contribution < -0.4 is 0 Å². The Kier molecular flexibility index (Phi) is 3.66. The fraction of sp³-hybridized carbons (Fsp3) is 0.333. The predicted molar refractivity (Wildman–Crippen MR) is 72.0 cm³/mol. The second kappa shape index (κ2) is 5.49. The second-order valence-electron chi connectivity index (χ2n) is 5.29. The lowest BCUT2D eigenvalue weighted by molar-refractivity contribution is 0.0706. The molecule has 0 spiro atoms. The first-order chi connectivity index (χ1) is 10.5. The summed E-state index contributed by atoms with van der Waals surface area (Å²) in [5, 5.41) is 9.85. The van der Waals surface area contributed by atoms with Crippen molar-refractivity contribution in [2.75, 3.05) is 6.54 Å². The number of carbonyl (C=O) groups excluding carboxylic acids is 1. The first-order valence-electron chi connectivity index (χ1n) is 6.81. The third-order valence-electron chi connectivity index (χ3n) is 3.80. The van der Waals surface area contributed by atoms with Gasteiger partial charge in [-0.1, -0.05) is 0 Å². The van der Waals surface area contributed by atoms with Crippen LogP contribution >= 0.6 is 0 Å². The zero-order valence-corrected chi connectivity index (χ0v) is 11.8. The number of β-amino-alcohol motifs (C(OH)–C–C–N with tert-alkyl or cyclic N) is 1. The third kappa shape index (κ3) is 2.48. The van der Waals surface area contributed by atoms with E-state index in [1.54, 1.807) is 6.92 Å². The summed E-state index contributed by atoms with van der Waals surface area (Å²) >= 11 is 0. The molecule has 116 valence electrons. The van der Waals surface area contributed by atoms with Crippen LogP contribution in [-0.4, -0.2) is 33.5 Å². The van der Waals surface area contributed by atoms with E-state index in [4.69, 9.17) is 4.42 Å². The van der Waals surface area contributed by atoms with Gasteiger partial charge in [0.15, 0.2) is 12.1 Å². The molecule has 2 atom stereocenters. The van der Waals surface area contributed by atoms with Crippen LogP contribution in [0.2, 0.25) is 0 Å². The van der Waals surface area contributed by atoms with E-state index in [0.717, 1.165) is 24.6 Å². The summed E-state index contributed by atoms with van der Waals surface area (Å²) in [7, 11) is 0. The van der Waals surface area contributed by atoms with Gasteiger partial charge in [0, 0.05) is 12.1 Å². The van der Waals surface area contributed by atoms with Gasteiger partial charge in [0.05, 0.1) is 12.1 Å². The van der Waals surface area contributed by atoms with Gasteiger partial charge in [-0.3, -0.25) is 4.79 Å². The van der Waals surface area contributed by atoms with Gasteiger partial charge in [-0.15, -0.1) is 0 Å². The van der Waals surface area contributed by atoms with Crippen LogP contribution in [0.5, 0.6) is 0 Å². The number of aliphatic hydroxyl groups is 1. The number of oxazole rings is 1. The van der Waals surface area contributed by atoms with Crippen LogP contribution in [0.3, 0.4) is 0 Å². The largest absolute Gasteiger partial charge is 0.448 e. The Morgan fingerprint density at radius 3 is 2.91 bits per heavy atom. The van der Waals surface area contributed by atoms with Crippen LogP contribution in [0.25, 0.3) is 0 Å². The Morgan fingerprint density at radius 2 is 2.23 bits per heavy atom. The minimum absolute atomic E-state index is 0.0335. The molecule has 2 aromatic rings. The average molecular weight is 308 g/mol. The summed E-state index contributed by atoms with van der Waals surface area (Å²) in [4.78, 5) is 17.7. The molecule has 1 N–H and O–H groups in total. The number of carbonyl (C=O) groups is 1. The molecule has 0 saturated carbocycles. The summed E-state index contributed by atoms with van der Waals surface area (Å²) in [5.41, 5.74) is 0.155. The fourth-order valence-electron chi connectivity index (χ4n) is 2.75. The van der Waals surface area contributed by atoms with Gasteiger partial charge >= 0.3 is 0 Å². The van der Waals surface area contributed by atoms with Crippen molar-refractivity contribution in [3.05, 3.63) is 53.2 Å². The summed E-state index contributed by atoms with van der Waals surface area (Å²) in [6, 6.07) is 2.33. The van der Waals surface area contributed by atoms with Gasteiger partial charge in [-0.25, -0.2) is 13.8 Å². The van der Waals surface area contributed by atoms with E-state index in [1.165, 1.54) is 4.90 Å². The number of rotatable bonds is 2. The molecule has 2 unspecified atom stereocenters. The first kappa shape index (κ1) is 14.6. The number of nitrogens with zero attached hydrogens (tertiary/aromatic N) is 2. The lowest BCUT2D eigenvalue weighted by Gasteiger charge is -2.24. The minimum atomic E-state index is -0.802. The molecule has 1 aliphatic heterocycles. The molecular formula is C15H14F2N2O3. The molecule has 0 aliphatic carbocycles. The van der Waals surface area contributed by atoms with E-state index in [1.807, 2.05) is 0 Å². The van der Waals surface area contributed by atoms with Gasteiger partial charge in [0.2, 0.25) is 0 Å². The van der Waals surface area contributed by atoms with Gasteiger partial charge in [-0.05, 0) is 31.5 Å². The molecule has 1 aromatic heterocycles. The van der Waals surface area contributed by atoms with Crippen LogP contribution in [0.4, 0.5) is 8.78 Å². The first-order valence-corrected chi connectivity index (χ1v) is 6.81. The molecule has 1 aliphatic rings. The van der Waals surface area contributed by atoms with Crippen LogP contribution in [0, 0.1) is 18.6 Å². The summed E-state index contributed by atoms with van der Waals surface area (Å²) in [6.07, 6.45) is 0.486. The SMILES string of the molecule is Cc1ocnc1C(=O)N1CC(O)CC1c1cc(F)ccc1F. The Morgan fingerprint density at radius 1 is 1.45 bits per heavy atom. The maximum absolute atomic E-state index is 14.0. The van der Waals surface area contributed by atoms with E-state index < -0.39 is 29.7 Å². The average Bonchev–Trinajstić information content (AvgIpc) is 3.07. The van der Waals surface area contributed by atoms with Gasteiger partial charge in [-0.2, -0.15) is 0 Å².